The van der Waals surface area contributed by atoms with Crippen LogP contribution in [0.4, 0.5) is 0 Å². The fourth-order valence-electron chi connectivity index (χ4n) is 13.6. The van der Waals surface area contributed by atoms with Gasteiger partial charge in [0.1, 0.15) is 18.0 Å². The summed E-state index contributed by atoms with van der Waals surface area (Å²) in [6.07, 6.45) is 5.39. The molecule has 2 saturated heterocycles. The summed E-state index contributed by atoms with van der Waals surface area (Å²) in [5.41, 5.74) is -0.748. The Kier molecular flexibility index (Phi) is 9.50. The Morgan fingerprint density at radius 3 is 2.34 bits per heavy atom. The highest BCUT2D eigenvalue weighted by atomic mass is 16.7. The van der Waals surface area contributed by atoms with E-state index in [2.05, 4.69) is 16.4 Å². The molecule has 8 N–H and O–H groups in total. The van der Waals surface area contributed by atoms with Gasteiger partial charge in [-0.2, -0.15) is 0 Å². The largest absolute Gasteiger partial charge is 0.508 e. The zero-order valence-corrected chi connectivity index (χ0v) is 34.9. The lowest BCUT2D eigenvalue weighted by Crippen LogP contribution is -2.75. The number of aliphatic hydroxyl groups excluding tert-OH is 3. The predicted octanol–water partition coefficient (Wildman–Crippen LogP) is 5.62. The lowest BCUT2D eigenvalue weighted by molar-refractivity contribution is -0.342. The highest BCUT2D eigenvalue weighted by Gasteiger charge is 2.78. The third-order valence-electron chi connectivity index (χ3n) is 16.6. The minimum absolute atomic E-state index is 0.0879. The van der Waals surface area contributed by atoms with Gasteiger partial charge in [0.25, 0.3) is 0 Å². The number of benzene rings is 4. The van der Waals surface area contributed by atoms with Crippen LogP contribution in [0.2, 0.25) is 0 Å². The lowest BCUT2D eigenvalue weighted by Gasteiger charge is -2.62. The first kappa shape index (κ1) is 40.4. The van der Waals surface area contributed by atoms with Crippen LogP contribution in [0, 0.1) is 29.1 Å². The van der Waals surface area contributed by atoms with Gasteiger partial charge >= 0.3 is 5.97 Å². The number of ether oxygens (including phenoxy) is 3. The summed E-state index contributed by atoms with van der Waals surface area (Å²) in [5.74, 6) is -5.45. The molecule has 4 aliphatic carbocycles. The molecule has 11 rings (SSSR count). The molecule has 2 aliphatic heterocycles. The van der Waals surface area contributed by atoms with Crippen molar-refractivity contribution in [3.05, 3.63) is 96.2 Å². The Balaban J connectivity index is 1.02. The van der Waals surface area contributed by atoms with Crippen molar-refractivity contribution in [1.29, 1.82) is 0 Å². The average molecular weight is 845 g/mol. The minimum Gasteiger partial charge on any atom is -0.508 e. The van der Waals surface area contributed by atoms with E-state index in [4.69, 9.17) is 14.2 Å². The molecule has 5 fully saturated rings. The second kappa shape index (κ2) is 14.6. The summed E-state index contributed by atoms with van der Waals surface area (Å²) in [5, 5.41) is 78.3. The maximum atomic E-state index is 14.9. The van der Waals surface area contributed by atoms with E-state index in [-0.39, 0.29) is 28.5 Å². The van der Waals surface area contributed by atoms with Crippen molar-refractivity contribution >= 4 is 38.4 Å². The molecular weight excluding hydrogens is 789 g/mol. The van der Waals surface area contributed by atoms with Crippen LogP contribution < -0.4 is 10.1 Å². The van der Waals surface area contributed by atoms with E-state index < -0.39 is 77.7 Å². The van der Waals surface area contributed by atoms with Gasteiger partial charge in [-0.25, -0.2) is 4.79 Å². The van der Waals surface area contributed by atoms with Crippen molar-refractivity contribution in [2.75, 3.05) is 13.6 Å². The quantitative estimate of drug-likeness (QED) is 0.0577. The third kappa shape index (κ3) is 5.70. The number of esters is 1. The molecule has 6 aliphatic rings. The highest BCUT2D eigenvalue weighted by molar-refractivity contribution is 6.14. The van der Waals surface area contributed by atoms with Crippen molar-refractivity contribution in [2.45, 2.75) is 112 Å². The topological polar surface area (TPSA) is 194 Å². The van der Waals surface area contributed by atoms with Gasteiger partial charge in [0.15, 0.2) is 17.5 Å². The van der Waals surface area contributed by atoms with Gasteiger partial charge in [0.05, 0.1) is 35.4 Å². The first-order valence-corrected chi connectivity index (χ1v) is 22.5. The molecule has 11 unspecified atom stereocenters. The van der Waals surface area contributed by atoms with Gasteiger partial charge in [-0.3, -0.25) is 0 Å². The third-order valence-corrected chi connectivity index (χ3v) is 16.6. The standard InChI is InChI=1S/C50H56N2O10/c1-51-25-30-24-34-35-13-15-38(55)50(59)49(35,58)45(60-42(34)40(41(30)56)48(31-9-11-32(54)12-10-31)20-18-47(19-21-48)16-4-5-17-47)44(62-50)46(57)61-43-37(26-53)52-36-14-8-29-22-27-6-2-3-7-28(27)23-33(29)39(36)43/h2-3,6-15,22-23,30,34-35,38,40-42,44-45,51-56,58-59H,4-5,16-21,24-26H2,1H3. The SMILES string of the molecule is CNCC1CC2C(OC3C(C(=O)Oc4c(CO)[nH]c5ccc6cc7ccccc7cc6c45)OC4(O)C(O)C=CC2C34O)C(C2(c3ccc(O)cc3)CCC3(CCCC3)CC2)C1O. The number of phenolic OH excluding ortho intramolecular Hbond substituents is 1. The second-order valence-corrected chi connectivity index (χ2v) is 19.5. The van der Waals surface area contributed by atoms with E-state index in [9.17, 15) is 35.4 Å². The highest BCUT2D eigenvalue weighted by Crippen LogP contribution is 2.64. The summed E-state index contributed by atoms with van der Waals surface area (Å²) in [7, 11) is 1.85. The van der Waals surface area contributed by atoms with Crippen LogP contribution in [0.15, 0.2) is 84.9 Å². The first-order valence-electron chi connectivity index (χ1n) is 22.5. The van der Waals surface area contributed by atoms with E-state index in [1.165, 1.54) is 31.8 Å². The van der Waals surface area contributed by atoms with Crippen molar-refractivity contribution in [1.82, 2.24) is 10.3 Å². The van der Waals surface area contributed by atoms with Crippen molar-refractivity contribution in [3.63, 3.8) is 0 Å². The number of aromatic nitrogens is 1. The Morgan fingerprint density at radius 1 is 0.903 bits per heavy atom. The van der Waals surface area contributed by atoms with E-state index in [0.29, 0.717) is 23.9 Å². The van der Waals surface area contributed by atoms with Crippen molar-refractivity contribution < 1.29 is 49.6 Å². The molecular formula is C50H56N2O10. The van der Waals surface area contributed by atoms with Gasteiger partial charge in [0.2, 0.25) is 5.79 Å². The monoisotopic (exact) mass is 844 g/mol. The Morgan fingerprint density at radius 2 is 1.63 bits per heavy atom. The number of nitrogens with one attached hydrogen (secondary N) is 2. The molecule has 1 aromatic heterocycles. The number of rotatable bonds is 7. The Hall–Kier alpha value is -4.37. The lowest BCUT2D eigenvalue weighted by atomic mass is 9.48. The number of aliphatic hydroxyl groups is 5. The normalized spacial score (nSPS) is 35.7. The maximum Gasteiger partial charge on any atom is 0.343 e. The van der Waals surface area contributed by atoms with E-state index >= 15 is 0 Å². The zero-order valence-electron chi connectivity index (χ0n) is 34.9. The van der Waals surface area contributed by atoms with Gasteiger partial charge in [0, 0.05) is 23.8 Å². The fourth-order valence-corrected chi connectivity index (χ4v) is 13.6. The molecule has 4 aromatic carbocycles. The van der Waals surface area contributed by atoms with Crippen LogP contribution in [0.25, 0.3) is 32.4 Å². The van der Waals surface area contributed by atoms with Gasteiger partial charge < -0.3 is 55.2 Å². The van der Waals surface area contributed by atoms with Crippen LogP contribution in [-0.4, -0.2) is 97.1 Å². The number of aromatic hydroxyl groups is 1. The predicted molar refractivity (Wildman–Crippen MR) is 231 cm³/mol. The van der Waals surface area contributed by atoms with E-state index in [1.807, 2.05) is 61.6 Å². The molecule has 3 heterocycles. The molecule has 5 aromatic rings. The molecule has 0 radical (unpaired) electrons. The van der Waals surface area contributed by atoms with Crippen LogP contribution in [0.1, 0.15) is 69.0 Å². The van der Waals surface area contributed by atoms with Gasteiger partial charge in [-0.15, -0.1) is 0 Å². The van der Waals surface area contributed by atoms with Gasteiger partial charge in [-0.05, 0) is 127 Å². The molecule has 62 heavy (non-hydrogen) atoms. The zero-order chi connectivity index (χ0) is 42.8. The second-order valence-electron chi connectivity index (χ2n) is 19.5. The number of H-pyrrole nitrogens is 1. The number of carbonyl (C=O) groups is 1. The minimum atomic E-state index is -2.64. The van der Waals surface area contributed by atoms with Crippen LogP contribution >= 0.6 is 0 Å². The summed E-state index contributed by atoms with van der Waals surface area (Å²) >= 11 is 0. The summed E-state index contributed by atoms with van der Waals surface area (Å²) in [6.45, 7) is 0.0174. The van der Waals surface area contributed by atoms with E-state index in [1.54, 1.807) is 18.2 Å². The fraction of sp³-hybridized carbons (Fsp3) is 0.500. The summed E-state index contributed by atoms with van der Waals surface area (Å²) in [4.78, 5) is 18.1. The van der Waals surface area contributed by atoms with Crippen molar-refractivity contribution in [3.8, 4) is 11.5 Å². The first-order chi connectivity index (χ1) is 29.9. The molecule has 0 amide bonds. The Bertz CT molecular complexity index is 2570. The number of fused-ring (bicyclic) bond motifs is 6. The smallest absolute Gasteiger partial charge is 0.343 e. The number of carbonyl (C=O) groups excluding carboxylic acids is 1. The summed E-state index contributed by atoms with van der Waals surface area (Å²) < 4.78 is 19.7. The molecule has 3 saturated carbocycles. The van der Waals surface area contributed by atoms with Gasteiger partial charge in [-0.1, -0.05) is 67.5 Å². The van der Waals surface area contributed by atoms with Crippen LogP contribution in [-0.2, 0) is 26.3 Å². The Labute approximate surface area is 359 Å². The molecule has 11 atom stereocenters. The number of phenols is 1. The molecule has 326 valence electrons. The summed E-state index contributed by atoms with van der Waals surface area (Å²) in [6, 6.07) is 23.2. The molecule has 1 spiro atoms. The maximum absolute atomic E-state index is 14.9. The number of hydrogen-bond acceptors (Lipinski definition) is 11. The number of hydrogen-bond donors (Lipinski definition) is 8. The van der Waals surface area contributed by atoms with Crippen molar-refractivity contribution in [2.24, 2.45) is 29.1 Å². The number of aromatic amines is 1. The molecule has 12 heteroatoms. The molecule has 0 bridgehead atoms. The van der Waals surface area contributed by atoms with E-state index in [0.717, 1.165) is 52.8 Å². The molecule has 12 nitrogen and oxygen atoms in total. The van der Waals surface area contributed by atoms with Crippen LogP contribution in [0.5, 0.6) is 11.5 Å². The van der Waals surface area contributed by atoms with Crippen LogP contribution in [0.3, 0.4) is 0 Å². The average Bonchev–Trinajstić information content (AvgIpc) is 3.96.